The number of nitro groups is 1. The van der Waals surface area contributed by atoms with Crippen molar-refractivity contribution in [1.82, 2.24) is 0 Å². The number of nitrogens with zero attached hydrogens (tertiary/aromatic N) is 1. The topological polar surface area (TPSA) is 102 Å². The van der Waals surface area contributed by atoms with Gasteiger partial charge in [0.1, 0.15) is 0 Å². The van der Waals surface area contributed by atoms with Crippen LogP contribution < -0.4 is 10.5 Å². The van der Waals surface area contributed by atoms with Gasteiger partial charge in [-0.05, 0) is 31.4 Å². The molecule has 6 nitrogen and oxygen atoms in total. The molecule has 0 unspecified atom stereocenters. The number of benzene rings is 1. The summed E-state index contributed by atoms with van der Waals surface area (Å²) in [5.74, 6) is 0.432. The highest BCUT2D eigenvalue weighted by Gasteiger charge is 2.44. The van der Waals surface area contributed by atoms with E-state index in [2.05, 4.69) is 15.9 Å². The number of amidine groups is 1. The lowest BCUT2D eigenvalue weighted by Crippen LogP contribution is -2.22. The zero-order chi connectivity index (χ0) is 14.9. The molecule has 0 aromatic heterocycles. The average molecular weight is 342 g/mol. The van der Waals surface area contributed by atoms with Gasteiger partial charge in [-0.15, -0.1) is 0 Å². The van der Waals surface area contributed by atoms with Gasteiger partial charge in [0.25, 0.3) is 0 Å². The van der Waals surface area contributed by atoms with Gasteiger partial charge in [-0.2, -0.15) is 0 Å². The van der Waals surface area contributed by atoms with Crippen molar-refractivity contribution in [2.75, 3.05) is 6.61 Å². The summed E-state index contributed by atoms with van der Waals surface area (Å²) >= 11 is 3.25. The van der Waals surface area contributed by atoms with Gasteiger partial charge in [0.15, 0.2) is 5.75 Å². The highest BCUT2D eigenvalue weighted by atomic mass is 79.9. The quantitative estimate of drug-likeness (QED) is 0.359. The molecule has 0 spiro atoms. The molecule has 1 aliphatic carbocycles. The number of aryl methyl sites for hydroxylation is 1. The second-order valence-electron chi connectivity index (χ2n) is 5.32. The van der Waals surface area contributed by atoms with E-state index in [1.54, 1.807) is 13.0 Å². The minimum atomic E-state index is -0.447. The molecule has 108 valence electrons. The first-order chi connectivity index (χ1) is 9.33. The lowest BCUT2D eigenvalue weighted by Gasteiger charge is -2.16. The summed E-state index contributed by atoms with van der Waals surface area (Å²) < 4.78 is 6.35. The zero-order valence-electron chi connectivity index (χ0n) is 11.1. The Bertz CT molecular complexity index is 570. The molecule has 3 N–H and O–H groups in total. The fourth-order valence-electron chi connectivity index (χ4n) is 2.21. The Morgan fingerprint density at radius 2 is 2.25 bits per heavy atom. The molecule has 1 aromatic rings. The van der Waals surface area contributed by atoms with Gasteiger partial charge in [0, 0.05) is 22.4 Å². The highest BCUT2D eigenvalue weighted by molar-refractivity contribution is 9.10. The zero-order valence-corrected chi connectivity index (χ0v) is 12.7. The molecule has 2 rings (SSSR count). The monoisotopic (exact) mass is 341 g/mol. The van der Waals surface area contributed by atoms with Crippen LogP contribution in [-0.4, -0.2) is 17.4 Å². The van der Waals surface area contributed by atoms with Crippen molar-refractivity contribution in [3.63, 3.8) is 0 Å². The highest BCUT2D eigenvalue weighted by Crippen LogP contribution is 2.49. The number of ether oxygens (including phenoxy) is 1. The number of halogens is 1. The van der Waals surface area contributed by atoms with Crippen molar-refractivity contribution in [2.24, 2.45) is 11.1 Å². The number of hydrogen-bond acceptors (Lipinski definition) is 4. The second-order valence-corrected chi connectivity index (χ2v) is 6.23. The van der Waals surface area contributed by atoms with Crippen molar-refractivity contribution < 1.29 is 9.66 Å². The third-order valence-electron chi connectivity index (χ3n) is 3.46. The van der Waals surface area contributed by atoms with E-state index in [-0.39, 0.29) is 16.9 Å². The summed E-state index contributed by atoms with van der Waals surface area (Å²) in [6, 6.07) is 3.22. The SMILES string of the molecule is Cc1cc(Br)cc([N+](=O)[O-])c1OCC1(CC(=N)N)CC1. The van der Waals surface area contributed by atoms with Gasteiger partial charge >= 0.3 is 5.69 Å². The van der Waals surface area contributed by atoms with Crippen LogP contribution in [0.3, 0.4) is 0 Å². The molecule has 1 fully saturated rings. The maximum Gasteiger partial charge on any atom is 0.312 e. The maximum absolute atomic E-state index is 11.1. The predicted octanol–water partition coefficient (Wildman–Crippen LogP) is 3.15. The maximum atomic E-state index is 11.1. The summed E-state index contributed by atoms with van der Waals surface area (Å²) in [7, 11) is 0. The molecular formula is C13H16BrN3O3. The van der Waals surface area contributed by atoms with E-state index >= 15 is 0 Å². The molecule has 1 aliphatic rings. The molecule has 1 aromatic carbocycles. The Morgan fingerprint density at radius 1 is 1.60 bits per heavy atom. The number of nitrogens with two attached hydrogens (primary N) is 1. The Morgan fingerprint density at radius 3 is 2.75 bits per heavy atom. The summed E-state index contributed by atoms with van der Waals surface area (Å²) in [6.45, 7) is 2.13. The van der Waals surface area contributed by atoms with Crippen LogP contribution in [0.25, 0.3) is 0 Å². The fraction of sp³-hybridized carbons (Fsp3) is 0.462. The average Bonchev–Trinajstić information content (AvgIpc) is 3.06. The molecule has 0 atom stereocenters. The van der Waals surface area contributed by atoms with Gasteiger partial charge in [-0.3, -0.25) is 15.5 Å². The van der Waals surface area contributed by atoms with Crippen molar-refractivity contribution >= 4 is 27.5 Å². The first-order valence-corrected chi connectivity index (χ1v) is 7.02. The molecule has 20 heavy (non-hydrogen) atoms. The van der Waals surface area contributed by atoms with Crippen molar-refractivity contribution in [3.8, 4) is 5.75 Å². The van der Waals surface area contributed by atoms with Gasteiger partial charge in [0.2, 0.25) is 0 Å². The summed E-state index contributed by atoms with van der Waals surface area (Å²) in [5, 5.41) is 18.5. The van der Waals surface area contributed by atoms with Crippen molar-refractivity contribution in [3.05, 3.63) is 32.3 Å². The first kappa shape index (κ1) is 14.8. The smallest absolute Gasteiger partial charge is 0.312 e. The van der Waals surface area contributed by atoms with E-state index in [1.165, 1.54) is 6.07 Å². The van der Waals surface area contributed by atoms with Crippen LogP contribution >= 0.6 is 15.9 Å². The molecule has 7 heteroatoms. The van der Waals surface area contributed by atoms with Gasteiger partial charge in [0.05, 0.1) is 17.4 Å². The van der Waals surface area contributed by atoms with E-state index in [9.17, 15) is 10.1 Å². The third kappa shape index (κ3) is 3.27. The molecule has 0 heterocycles. The van der Waals surface area contributed by atoms with Crippen LogP contribution in [-0.2, 0) is 0 Å². The van der Waals surface area contributed by atoms with Gasteiger partial charge < -0.3 is 10.5 Å². The van der Waals surface area contributed by atoms with Crippen LogP contribution in [0, 0.1) is 27.9 Å². The summed E-state index contributed by atoms with van der Waals surface area (Å²) in [6.07, 6.45) is 2.36. The molecule has 0 amide bonds. The number of nitrogens with one attached hydrogen (secondary N) is 1. The minimum Gasteiger partial charge on any atom is -0.486 e. The van der Waals surface area contributed by atoms with Crippen LogP contribution in [0.5, 0.6) is 5.75 Å². The van der Waals surface area contributed by atoms with E-state index < -0.39 is 4.92 Å². The molecule has 0 bridgehead atoms. The summed E-state index contributed by atoms with van der Waals surface area (Å²) in [5.41, 5.74) is 5.98. The number of rotatable bonds is 6. The Kier molecular flexibility index (Phi) is 3.99. The molecule has 0 saturated heterocycles. The minimum absolute atomic E-state index is 0.0458. The molecule has 0 radical (unpaired) electrons. The fourth-order valence-corrected chi connectivity index (χ4v) is 2.77. The van der Waals surface area contributed by atoms with E-state index in [0.717, 1.165) is 12.8 Å². The lowest BCUT2D eigenvalue weighted by molar-refractivity contribution is -0.386. The van der Waals surface area contributed by atoms with E-state index in [0.29, 0.717) is 28.8 Å². The van der Waals surface area contributed by atoms with Crippen molar-refractivity contribution in [2.45, 2.75) is 26.2 Å². The Labute approximate surface area is 125 Å². The largest absolute Gasteiger partial charge is 0.486 e. The standard InChI is InChI=1S/C13H16BrN3O3/c1-8-4-9(14)5-10(17(18)19)12(8)20-7-13(2-3-13)6-11(15)16/h4-5H,2-3,6-7H2,1H3,(H3,15,16). The van der Waals surface area contributed by atoms with Crippen LogP contribution in [0.4, 0.5) is 5.69 Å². The van der Waals surface area contributed by atoms with E-state index in [1.807, 2.05) is 0 Å². The summed E-state index contributed by atoms with van der Waals surface area (Å²) in [4.78, 5) is 10.6. The molecular weight excluding hydrogens is 326 g/mol. The first-order valence-electron chi connectivity index (χ1n) is 6.23. The third-order valence-corrected chi connectivity index (χ3v) is 3.92. The normalized spacial score (nSPS) is 15.7. The Balaban J connectivity index is 2.17. The van der Waals surface area contributed by atoms with Gasteiger partial charge in [-0.25, -0.2) is 0 Å². The van der Waals surface area contributed by atoms with E-state index in [4.69, 9.17) is 15.9 Å². The van der Waals surface area contributed by atoms with Crippen LogP contribution in [0.1, 0.15) is 24.8 Å². The predicted molar refractivity (Wildman–Crippen MR) is 79.2 cm³/mol. The Hall–Kier alpha value is -1.63. The van der Waals surface area contributed by atoms with Crippen LogP contribution in [0.15, 0.2) is 16.6 Å². The molecule has 1 saturated carbocycles. The molecule has 0 aliphatic heterocycles. The second kappa shape index (κ2) is 5.40. The van der Waals surface area contributed by atoms with Crippen LogP contribution in [0.2, 0.25) is 0 Å². The van der Waals surface area contributed by atoms with Gasteiger partial charge in [-0.1, -0.05) is 15.9 Å². The number of hydrogen-bond donors (Lipinski definition) is 2. The lowest BCUT2D eigenvalue weighted by atomic mass is 10.0. The van der Waals surface area contributed by atoms with Crippen molar-refractivity contribution in [1.29, 1.82) is 5.41 Å². The number of nitro benzene ring substituents is 1.